The quantitative estimate of drug-likeness (QED) is 0.419. The number of aliphatic carboxylic acids is 1. The fourth-order valence-electron chi connectivity index (χ4n) is 3.34. The fourth-order valence-corrected chi connectivity index (χ4v) is 5.50. The maximum atomic E-state index is 12.9. The molecule has 1 aromatic heterocycles. The van der Waals surface area contributed by atoms with E-state index in [1.165, 1.54) is 23.3 Å². The lowest BCUT2D eigenvalue weighted by molar-refractivity contribution is -0.164. The number of ether oxygens (including phenoxy) is 1. The largest absolute Gasteiger partial charge is 0.481 e. The van der Waals surface area contributed by atoms with Crippen LogP contribution in [0.3, 0.4) is 0 Å². The van der Waals surface area contributed by atoms with Gasteiger partial charge in [-0.15, -0.1) is 11.8 Å². The Morgan fingerprint density at radius 2 is 2.13 bits per heavy atom. The van der Waals surface area contributed by atoms with Gasteiger partial charge < -0.3 is 19.2 Å². The second kappa shape index (κ2) is 7.95. The van der Waals surface area contributed by atoms with Crippen LogP contribution in [0.4, 0.5) is 5.88 Å². The van der Waals surface area contributed by atoms with E-state index >= 15 is 0 Å². The van der Waals surface area contributed by atoms with Gasteiger partial charge in [-0.05, 0) is 6.07 Å². The first kappa shape index (κ1) is 22.2. The van der Waals surface area contributed by atoms with Crippen molar-refractivity contribution in [1.82, 2.24) is 4.90 Å². The lowest BCUT2D eigenvalue weighted by atomic mass is 9.87. The maximum absolute atomic E-state index is 12.9. The lowest BCUT2D eigenvalue weighted by Crippen LogP contribution is -2.75. The molecule has 1 aromatic rings. The summed E-state index contributed by atoms with van der Waals surface area (Å²) >= 11 is 1.12. The van der Waals surface area contributed by atoms with E-state index in [2.05, 4.69) is 0 Å². The first-order valence-electron chi connectivity index (χ1n) is 8.77. The van der Waals surface area contributed by atoms with E-state index in [0.717, 1.165) is 29.8 Å². The Kier molecular flexibility index (Phi) is 5.87. The number of thioether (sulfide) groups is 1. The van der Waals surface area contributed by atoms with Crippen molar-refractivity contribution in [3.63, 3.8) is 0 Å². The second-order valence-electron chi connectivity index (χ2n) is 7.26. The molecule has 0 bridgehead atoms. The molecule has 2 fully saturated rings. The highest BCUT2D eigenvalue weighted by Crippen LogP contribution is 2.45. The average Bonchev–Trinajstić information content (AvgIpc) is 3.16. The van der Waals surface area contributed by atoms with Crippen molar-refractivity contribution in [2.75, 3.05) is 35.8 Å². The summed E-state index contributed by atoms with van der Waals surface area (Å²) in [6.07, 6.45) is 2.20. The van der Waals surface area contributed by atoms with Crippen LogP contribution in [0.5, 0.6) is 0 Å². The molecule has 0 radical (unpaired) electrons. The zero-order chi connectivity index (χ0) is 22.3. The van der Waals surface area contributed by atoms with E-state index in [-0.39, 0.29) is 24.8 Å². The number of carbonyl (C=O) groups excluding carboxylic acids is 3. The van der Waals surface area contributed by atoms with E-state index in [0.29, 0.717) is 0 Å². The van der Waals surface area contributed by atoms with Crippen LogP contribution in [0.1, 0.15) is 6.92 Å². The molecule has 2 aliphatic heterocycles. The monoisotopic (exact) mass is 460 g/mol. The lowest BCUT2D eigenvalue weighted by Gasteiger charge is -2.55. The topological polar surface area (TPSA) is 152 Å². The number of hydrogen-bond acceptors (Lipinski definition) is 9. The molecule has 2 saturated heterocycles. The van der Waals surface area contributed by atoms with Gasteiger partial charge in [-0.3, -0.25) is 24.1 Å². The number of carboxylic acids is 1. The van der Waals surface area contributed by atoms with Crippen molar-refractivity contribution in [2.45, 2.75) is 18.3 Å². The maximum Gasteiger partial charge on any atom is 0.315 e. The van der Waals surface area contributed by atoms with Crippen LogP contribution in [-0.2, 0) is 33.8 Å². The number of rotatable bonds is 7. The van der Waals surface area contributed by atoms with Crippen molar-refractivity contribution in [2.24, 2.45) is 5.41 Å². The first-order chi connectivity index (χ1) is 13.9. The molecular weight excluding hydrogens is 440 g/mol. The molecule has 164 valence electrons. The van der Waals surface area contributed by atoms with Gasteiger partial charge in [-0.1, -0.05) is 0 Å². The number of furan rings is 1. The Morgan fingerprint density at radius 3 is 2.67 bits per heavy atom. The van der Waals surface area contributed by atoms with Crippen LogP contribution in [0.25, 0.3) is 0 Å². The summed E-state index contributed by atoms with van der Waals surface area (Å²) in [5.74, 6) is -3.95. The van der Waals surface area contributed by atoms with Gasteiger partial charge in [0.15, 0.2) is 9.84 Å². The van der Waals surface area contributed by atoms with Crippen LogP contribution in [-0.4, -0.2) is 84.5 Å². The first-order valence-corrected chi connectivity index (χ1v) is 11.9. The summed E-state index contributed by atoms with van der Waals surface area (Å²) in [6.45, 7) is 0.573. The SMILES string of the molecule is CC(=O)OCC1(C(=O)O)CS[C@@H]2C(N(C(=O)CS(C)(=O)=O)c3ccco3)C(=O)N2C1. The number of anilines is 1. The third-order valence-corrected chi connectivity index (χ3v) is 7.14. The summed E-state index contributed by atoms with van der Waals surface area (Å²) in [5, 5.41) is 9.08. The van der Waals surface area contributed by atoms with E-state index in [1.807, 2.05) is 0 Å². The van der Waals surface area contributed by atoms with Crippen LogP contribution in [0.2, 0.25) is 0 Å². The number of carboxylic acid groups (broad SMARTS) is 1. The third kappa shape index (κ3) is 4.17. The molecule has 13 heteroatoms. The van der Waals surface area contributed by atoms with Gasteiger partial charge >= 0.3 is 11.9 Å². The minimum atomic E-state index is -3.66. The van der Waals surface area contributed by atoms with Gasteiger partial charge in [0.2, 0.25) is 17.7 Å². The fraction of sp³-hybridized carbons (Fsp3) is 0.529. The van der Waals surface area contributed by atoms with Crippen molar-refractivity contribution in [3.05, 3.63) is 18.4 Å². The number of β-lactam (4-membered cyclic amide) rings is 1. The Hall–Kier alpha value is -2.54. The van der Waals surface area contributed by atoms with E-state index in [1.54, 1.807) is 0 Å². The van der Waals surface area contributed by atoms with Crippen molar-refractivity contribution in [1.29, 1.82) is 0 Å². The Bertz CT molecular complexity index is 975. The molecule has 2 amide bonds. The van der Waals surface area contributed by atoms with Crippen molar-refractivity contribution < 1.29 is 41.9 Å². The van der Waals surface area contributed by atoms with E-state index < -0.39 is 56.2 Å². The number of amides is 2. The van der Waals surface area contributed by atoms with Gasteiger partial charge in [0.1, 0.15) is 29.2 Å². The number of carbonyl (C=O) groups is 4. The molecule has 3 atom stereocenters. The Labute approximate surface area is 176 Å². The zero-order valence-corrected chi connectivity index (χ0v) is 17.8. The summed E-state index contributed by atoms with van der Waals surface area (Å²) in [6, 6.07) is 1.90. The zero-order valence-electron chi connectivity index (χ0n) is 16.1. The molecule has 1 N–H and O–H groups in total. The average molecular weight is 460 g/mol. The summed E-state index contributed by atoms with van der Waals surface area (Å²) in [4.78, 5) is 50.8. The normalized spacial score (nSPS) is 25.8. The van der Waals surface area contributed by atoms with Gasteiger partial charge in [0.05, 0.1) is 6.26 Å². The molecule has 2 aliphatic rings. The molecule has 3 heterocycles. The van der Waals surface area contributed by atoms with Gasteiger partial charge in [-0.2, -0.15) is 0 Å². The molecule has 3 rings (SSSR count). The smallest absolute Gasteiger partial charge is 0.315 e. The molecule has 0 saturated carbocycles. The molecule has 30 heavy (non-hydrogen) atoms. The molecule has 0 aliphatic carbocycles. The van der Waals surface area contributed by atoms with Crippen LogP contribution < -0.4 is 4.90 Å². The highest BCUT2D eigenvalue weighted by atomic mass is 32.2. The third-order valence-electron chi connectivity index (χ3n) is 4.80. The summed E-state index contributed by atoms with van der Waals surface area (Å²) in [5.41, 5.74) is -1.47. The van der Waals surface area contributed by atoms with Crippen molar-refractivity contribution in [3.8, 4) is 0 Å². The van der Waals surface area contributed by atoms with E-state index in [4.69, 9.17) is 9.15 Å². The van der Waals surface area contributed by atoms with Gasteiger partial charge in [0.25, 0.3) is 0 Å². The van der Waals surface area contributed by atoms with Crippen LogP contribution in [0, 0.1) is 5.41 Å². The molecule has 2 unspecified atom stereocenters. The highest BCUT2D eigenvalue weighted by Gasteiger charge is 2.60. The summed E-state index contributed by atoms with van der Waals surface area (Å²) < 4.78 is 33.4. The predicted molar refractivity (Wildman–Crippen MR) is 104 cm³/mol. The standard InChI is InChI=1S/C17H20N2O9S2/c1-10(20)28-8-17(16(23)24)7-18-14(22)13(15(18)29-9-17)19(12-4-3-5-27-12)11(21)6-30(2,25)26/h3-5,13,15H,6-9H2,1-2H3,(H,23,24)/t13?,15-,17?/m1/s1. The van der Waals surface area contributed by atoms with Gasteiger partial charge in [-0.25, -0.2) is 8.42 Å². The molecule has 11 nitrogen and oxygen atoms in total. The highest BCUT2D eigenvalue weighted by molar-refractivity contribution is 8.00. The molecule has 0 aromatic carbocycles. The second-order valence-corrected chi connectivity index (χ2v) is 10.5. The number of hydrogen-bond donors (Lipinski definition) is 1. The minimum absolute atomic E-state index is 0.0252. The van der Waals surface area contributed by atoms with Gasteiger partial charge in [0, 0.05) is 31.5 Å². The number of fused-ring (bicyclic) bond motifs is 1. The van der Waals surface area contributed by atoms with Crippen molar-refractivity contribution >= 4 is 51.2 Å². The summed E-state index contributed by atoms with van der Waals surface area (Å²) in [7, 11) is -3.66. The number of esters is 1. The van der Waals surface area contributed by atoms with E-state index in [9.17, 15) is 32.7 Å². The number of nitrogens with zero attached hydrogens (tertiary/aromatic N) is 2. The van der Waals surface area contributed by atoms with Crippen LogP contribution in [0.15, 0.2) is 22.8 Å². The Morgan fingerprint density at radius 1 is 1.43 bits per heavy atom. The molecule has 0 spiro atoms. The number of sulfone groups is 1. The molecular formula is C17H20N2O9S2. The van der Waals surface area contributed by atoms with Crippen LogP contribution >= 0.6 is 11.8 Å². The predicted octanol–water partition coefficient (Wildman–Crippen LogP) is -0.425. The Balaban J connectivity index is 1.84. The minimum Gasteiger partial charge on any atom is -0.481 e.